The molecule has 2 N–H and O–H groups in total. The molecule has 0 radical (unpaired) electrons. The first-order valence-corrected chi connectivity index (χ1v) is 6.31. The minimum Gasteiger partial charge on any atom is -0.494 e. The fourth-order valence-corrected chi connectivity index (χ4v) is 1.49. The molecule has 4 nitrogen and oxygen atoms in total. The van der Waals surface area contributed by atoms with Crippen LogP contribution in [0.5, 0.6) is 5.75 Å². The number of hydrogen-bond donors (Lipinski definition) is 2. The lowest BCUT2D eigenvalue weighted by molar-refractivity contribution is -0.120. The maximum absolute atomic E-state index is 11.7. The number of amides is 1. The lowest BCUT2D eigenvalue weighted by Crippen LogP contribution is -2.37. The van der Waals surface area contributed by atoms with Gasteiger partial charge in [-0.1, -0.05) is 12.1 Å². The van der Waals surface area contributed by atoms with Gasteiger partial charge in [-0.3, -0.25) is 4.79 Å². The number of ether oxygens (including phenoxy) is 1. The summed E-state index contributed by atoms with van der Waals surface area (Å²) in [5, 5.41) is 5.96. The molecule has 100 valence electrons. The molecule has 1 aromatic rings. The zero-order valence-corrected chi connectivity index (χ0v) is 11.3. The predicted molar refractivity (Wildman–Crippen MR) is 72.8 cm³/mol. The molecule has 1 rings (SSSR count). The molecule has 0 aromatic heterocycles. The van der Waals surface area contributed by atoms with Crippen LogP contribution >= 0.6 is 0 Å². The topological polar surface area (TPSA) is 50.4 Å². The molecule has 18 heavy (non-hydrogen) atoms. The molecule has 0 saturated carbocycles. The summed E-state index contributed by atoms with van der Waals surface area (Å²) in [5.74, 6) is 0.881. The molecule has 0 bridgehead atoms. The predicted octanol–water partition coefficient (Wildman–Crippen LogP) is 1.35. The van der Waals surface area contributed by atoms with E-state index in [0.717, 1.165) is 11.3 Å². The van der Waals surface area contributed by atoms with Crippen molar-refractivity contribution in [2.24, 2.45) is 0 Å². The Labute approximate surface area is 109 Å². The Bertz CT molecular complexity index is 363. The number of nitrogens with one attached hydrogen (secondary N) is 2. The van der Waals surface area contributed by atoms with Gasteiger partial charge in [-0.15, -0.1) is 0 Å². The third kappa shape index (κ3) is 5.19. The summed E-state index contributed by atoms with van der Waals surface area (Å²) in [6.45, 7) is 5.27. The Hall–Kier alpha value is -1.55. The van der Waals surface area contributed by atoms with Crippen LogP contribution in [0, 0.1) is 0 Å². The molecule has 1 unspecified atom stereocenters. The summed E-state index contributed by atoms with van der Waals surface area (Å²) in [4.78, 5) is 11.7. The van der Waals surface area contributed by atoms with E-state index in [0.29, 0.717) is 19.6 Å². The van der Waals surface area contributed by atoms with Crippen molar-refractivity contribution in [3.63, 3.8) is 0 Å². The van der Waals surface area contributed by atoms with Crippen molar-refractivity contribution >= 4 is 5.91 Å². The molecule has 1 aromatic carbocycles. The Kier molecular flexibility index (Phi) is 6.22. The van der Waals surface area contributed by atoms with Crippen molar-refractivity contribution < 1.29 is 9.53 Å². The maximum Gasteiger partial charge on any atom is 0.224 e. The summed E-state index contributed by atoms with van der Waals surface area (Å²) >= 11 is 0. The van der Waals surface area contributed by atoms with E-state index in [1.165, 1.54) is 0 Å². The number of hydrogen-bond acceptors (Lipinski definition) is 3. The molecule has 0 aliphatic carbocycles. The van der Waals surface area contributed by atoms with Crippen molar-refractivity contribution in [2.45, 2.75) is 26.3 Å². The molecule has 0 fully saturated rings. The van der Waals surface area contributed by atoms with Crippen LogP contribution in [0.25, 0.3) is 0 Å². The van der Waals surface area contributed by atoms with E-state index in [4.69, 9.17) is 4.74 Å². The van der Waals surface area contributed by atoms with Crippen molar-refractivity contribution in [1.82, 2.24) is 10.6 Å². The average molecular weight is 250 g/mol. The van der Waals surface area contributed by atoms with Crippen LogP contribution in [0.2, 0.25) is 0 Å². The summed E-state index contributed by atoms with van der Waals surface area (Å²) in [6.07, 6.45) is 0.406. The Balaban J connectivity index is 2.39. The Morgan fingerprint density at radius 1 is 1.33 bits per heavy atom. The van der Waals surface area contributed by atoms with Gasteiger partial charge in [0.15, 0.2) is 0 Å². The minimum absolute atomic E-state index is 0.0428. The van der Waals surface area contributed by atoms with E-state index < -0.39 is 0 Å². The van der Waals surface area contributed by atoms with Crippen LogP contribution in [0.4, 0.5) is 0 Å². The van der Waals surface area contributed by atoms with Crippen LogP contribution in [-0.2, 0) is 11.2 Å². The van der Waals surface area contributed by atoms with Gasteiger partial charge in [-0.05, 0) is 38.6 Å². The Morgan fingerprint density at radius 3 is 2.56 bits per heavy atom. The fourth-order valence-electron chi connectivity index (χ4n) is 1.49. The maximum atomic E-state index is 11.7. The molecule has 0 spiro atoms. The van der Waals surface area contributed by atoms with Gasteiger partial charge in [0.1, 0.15) is 5.75 Å². The van der Waals surface area contributed by atoms with Crippen LogP contribution in [0.3, 0.4) is 0 Å². The Morgan fingerprint density at radius 2 is 2.00 bits per heavy atom. The van der Waals surface area contributed by atoms with Crippen molar-refractivity contribution in [3.8, 4) is 5.75 Å². The van der Waals surface area contributed by atoms with E-state index in [1.807, 2.05) is 45.2 Å². The second kappa shape index (κ2) is 7.71. The number of likely N-dealkylation sites (N-methyl/N-ethyl adjacent to an activating group) is 1. The van der Waals surface area contributed by atoms with E-state index in [1.54, 1.807) is 0 Å². The van der Waals surface area contributed by atoms with E-state index in [2.05, 4.69) is 10.6 Å². The first-order valence-electron chi connectivity index (χ1n) is 6.31. The molecule has 1 atom stereocenters. The van der Waals surface area contributed by atoms with Crippen LogP contribution in [0.1, 0.15) is 19.4 Å². The molecule has 4 heteroatoms. The number of carbonyl (C=O) groups is 1. The van der Waals surface area contributed by atoms with Crippen molar-refractivity contribution in [2.75, 3.05) is 20.2 Å². The zero-order chi connectivity index (χ0) is 13.4. The van der Waals surface area contributed by atoms with E-state index >= 15 is 0 Å². The van der Waals surface area contributed by atoms with Gasteiger partial charge in [-0.2, -0.15) is 0 Å². The van der Waals surface area contributed by atoms with Gasteiger partial charge in [0.05, 0.1) is 13.0 Å². The lowest BCUT2D eigenvalue weighted by Gasteiger charge is -2.11. The highest BCUT2D eigenvalue weighted by Crippen LogP contribution is 2.12. The first kappa shape index (κ1) is 14.5. The van der Waals surface area contributed by atoms with E-state index in [9.17, 15) is 4.79 Å². The fraction of sp³-hybridized carbons (Fsp3) is 0.500. The SMILES string of the molecule is CCOc1ccc(CC(=O)NCC(C)NC)cc1. The average Bonchev–Trinajstić information content (AvgIpc) is 2.38. The van der Waals surface area contributed by atoms with Crippen LogP contribution in [-0.4, -0.2) is 32.1 Å². The molecular weight excluding hydrogens is 228 g/mol. The summed E-state index contributed by atoms with van der Waals surface area (Å²) in [6, 6.07) is 7.91. The number of benzene rings is 1. The molecule has 0 saturated heterocycles. The normalized spacial score (nSPS) is 11.9. The van der Waals surface area contributed by atoms with Gasteiger partial charge < -0.3 is 15.4 Å². The summed E-state index contributed by atoms with van der Waals surface area (Å²) in [7, 11) is 1.88. The number of carbonyl (C=O) groups excluding carboxylic acids is 1. The van der Waals surface area contributed by atoms with Gasteiger partial charge in [-0.25, -0.2) is 0 Å². The highest BCUT2D eigenvalue weighted by atomic mass is 16.5. The van der Waals surface area contributed by atoms with Crippen LogP contribution in [0.15, 0.2) is 24.3 Å². The molecular formula is C14H22N2O2. The van der Waals surface area contributed by atoms with Gasteiger partial charge >= 0.3 is 0 Å². The largest absolute Gasteiger partial charge is 0.494 e. The second-order valence-electron chi connectivity index (χ2n) is 4.25. The third-order valence-corrected chi connectivity index (χ3v) is 2.70. The molecule has 0 heterocycles. The molecule has 0 aliphatic rings. The van der Waals surface area contributed by atoms with E-state index in [-0.39, 0.29) is 11.9 Å². The zero-order valence-electron chi connectivity index (χ0n) is 11.3. The standard InChI is InChI=1S/C14H22N2O2/c1-4-18-13-7-5-12(6-8-13)9-14(17)16-10-11(2)15-3/h5-8,11,15H,4,9-10H2,1-3H3,(H,16,17). The number of rotatable bonds is 7. The highest BCUT2D eigenvalue weighted by Gasteiger charge is 2.05. The second-order valence-corrected chi connectivity index (χ2v) is 4.25. The summed E-state index contributed by atoms with van der Waals surface area (Å²) < 4.78 is 5.35. The third-order valence-electron chi connectivity index (χ3n) is 2.70. The first-order chi connectivity index (χ1) is 8.65. The van der Waals surface area contributed by atoms with Gasteiger partial charge in [0.25, 0.3) is 0 Å². The van der Waals surface area contributed by atoms with Crippen molar-refractivity contribution in [3.05, 3.63) is 29.8 Å². The van der Waals surface area contributed by atoms with Gasteiger partial charge in [0, 0.05) is 12.6 Å². The van der Waals surface area contributed by atoms with Crippen LogP contribution < -0.4 is 15.4 Å². The molecule has 1 amide bonds. The lowest BCUT2D eigenvalue weighted by atomic mass is 10.1. The summed E-state index contributed by atoms with van der Waals surface area (Å²) in [5.41, 5.74) is 0.994. The quantitative estimate of drug-likeness (QED) is 0.768. The highest BCUT2D eigenvalue weighted by molar-refractivity contribution is 5.78. The van der Waals surface area contributed by atoms with Gasteiger partial charge in [0.2, 0.25) is 5.91 Å². The molecule has 0 aliphatic heterocycles. The minimum atomic E-state index is 0.0428. The monoisotopic (exact) mass is 250 g/mol. The van der Waals surface area contributed by atoms with Crippen molar-refractivity contribution in [1.29, 1.82) is 0 Å². The smallest absolute Gasteiger partial charge is 0.224 e.